The Labute approximate surface area is 137 Å². The Morgan fingerprint density at radius 3 is 2.88 bits per heavy atom. The van der Waals surface area contributed by atoms with Gasteiger partial charge in [0.15, 0.2) is 11.4 Å². The first-order valence-corrected chi connectivity index (χ1v) is 8.18. The summed E-state index contributed by atoms with van der Waals surface area (Å²) in [6.07, 6.45) is 6.12. The number of aromatic nitrogens is 3. The molecule has 1 fully saturated rings. The zero-order chi connectivity index (χ0) is 16.5. The van der Waals surface area contributed by atoms with Gasteiger partial charge in [0.05, 0.1) is 5.52 Å². The normalized spacial score (nSPS) is 15.7. The maximum atomic E-state index is 12.4. The highest BCUT2D eigenvalue weighted by Crippen LogP contribution is 2.32. The molecule has 1 aliphatic carbocycles. The number of oxazole rings is 1. The molecule has 7 nitrogen and oxygen atoms in total. The third-order valence-electron chi connectivity index (χ3n) is 4.57. The smallest absolute Gasteiger partial charge is 0.408 e. The zero-order valence-corrected chi connectivity index (χ0v) is 13.1. The number of H-pyrrole nitrogens is 2. The van der Waals surface area contributed by atoms with Crippen molar-refractivity contribution in [3.63, 3.8) is 0 Å². The van der Waals surface area contributed by atoms with Crippen LogP contribution in [0.3, 0.4) is 0 Å². The van der Waals surface area contributed by atoms with Crippen molar-refractivity contribution < 1.29 is 9.21 Å². The quantitative estimate of drug-likeness (QED) is 0.687. The van der Waals surface area contributed by atoms with Crippen molar-refractivity contribution in [3.05, 3.63) is 46.1 Å². The van der Waals surface area contributed by atoms with Crippen LogP contribution in [0.4, 0.5) is 5.82 Å². The van der Waals surface area contributed by atoms with Crippen LogP contribution in [0, 0.1) is 0 Å². The lowest BCUT2D eigenvalue weighted by Crippen LogP contribution is -2.12. The first-order valence-electron chi connectivity index (χ1n) is 8.18. The van der Waals surface area contributed by atoms with E-state index in [4.69, 9.17) is 4.42 Å². The molecule has 0 aliphatic heterocycles. The van der Waals surface area contributed by atoms with Crippen molar-refractivity contribution in [1.29, 1.82) is 0 Å². The first kappa shape index (κ1) is 14.7. The predicted molar refractivity (Wildman–Crippen MR) is 89.2 cm³/mol. The molecule has 1 amide bonds. The van der Waals surface area contributed by atoms with Crippen molar-refractivity contribution in [1.82, 2.24) is 15.2 Å². The van der Waals surface area contributed by atoms with Crippen LogP contribution in [0.15, 0.2) is 33.5 Å². The Hall–Kier alpha value is -2.83. The molecule has 0 unspecified atom stereocenters. The van der Waals surface area contributed by atoms with E-state index in [-0.39, 0.29) is 5.91 Å². The molecule has 1 aromatic carbocycles. The Kier molecular flexibility index (Phi) is 3.68. The van der Waals surface area contributed by atoms with Crippen LogP contribution in [-0.2, 0) is 0 Å². The van der Waals surface area contributed by atoms with Gasteiger partial charge in [0.2, 0.25) is 0 Å². The highest BCUT2D eigenvalue weighted by molar-refractivity contribution is 6.05. The van der Waals surface area contributed by atoms with Gasteiger partial charge in [0.25, 0.3) is 5.91 Å². The van der Waals surface area contributed by atoms with Crippen molar-refractivity contribution in [2.24, 2.45) is 0 Å². The molecule has 0 bridgehead atoms. The summed E-state index contributed by atoms with van der Waals surface area (Å²) in [6, 6.07) is 6.71. The average molecular weight is 326 g/mol. The highest BCUT2D eigenvalue weighted by Gasteiger charge is 2.18. The van der Waals surface area contributed by atoms with Gasteiger partial charge in [-0.05, 0) is 31.0 Å². The molecular weight excluding hydrogens is 308 g/mol. The molecule has 1 aliphatic rings. The van der Waals surface area contributed by atoms with Gasteiger partial charge < -0.3 is 9.73 Å². The number of carbonyl (C=O) groups is 1. The lowest BCUT2D eigenvalue weighted by Gasteiger charge is -2.19. The second-order valence-corrected chi connectivity index (χ2v) is 6.22. The van der Waals surface area contributed by atoms with Crippen LogP contribution < -0.4 is 11.1 Å². The summed E-state index contributed by atoms with van der Waals surface area (Å²) in [5.41, 5.74) is 2.44. The van der Waals surface area contributed by atoms with Crippen LogP contribution >= 0.6 is 0 Å². The minimum absolute atomic E-state index is 0.277. The van der Waals surface area contributed by atoms with Crippen LogP contribution in [0.2, 0.25) is 0 Å². The standard InChI is InChI=1S/C17H18N4O3/c22-16(11-6-7-14-13(8-11)18-17(23)24-14)19-15-9-12(20-21-15)10-4-2-1-3-5-10/h6-10H,1-5H2,(H,18,23)(H2,19,20,21,22). The van der Waals surface area contributed by atoms with Gasteiger partial charge in [-0.2, -0.15) is 5.10 Å². The van der Waals surface area contributed by atoms with E-state index in [0.29, 0.717) is 28.4 Å². The summed E-state index contributed by atoms with van der Waals surface area (Å²) >= 11 is 0. The lowest BCUT2D eigenvalue weighted by molar-refractivity contribution is 0.102. The number of fused-ring (bicyclic) bond motifs is 1. The highest BCUT2D eigenvalue weighted by atomic mass is 16.4. The van der Waals surface area contributed by atoms with E-state index >= 15 is 0 Å². The van der Waals surface area contributed by atoms with Crippen LogP contribution in [0.25, 0.3) is 11.1 Å². The van der Waals surface area contributed by atoms with Crippen molar-refractivity contribution in [2.45, 2.75) is 38.0 Å². The third kappa shape index (κ3) is 2.84. The molecule has 7 heteroatoms. The van der Waals surface area contributed by atoms with Crippen LogP contribution in [-0.4, -0.2) is 21.1 Å². The summed E-state index contributed by atoms with van der Waals surface area (Å²) in [4.78, 5) is 26.1. The molecule has 0 radical (unpaired) electrons. The van der Waals surface area contributed by atoms with Gasteiger partial charge in [-0.15, -0.1) is 0 Å². The number of hydrogen-bond acceptors (Lipinski definition) is 4. The van der Waals surface area contributed by atoms with Crippen molar-refractivity contribution in [2.75, 3.05) is 5.32 Å². The number of nitrogens with zero attached hydrogens (tertiary/aromatic N) is 1. The van der Waals surface area contributed by atoms with E-state index in [2.05, 4.69) is 20.5 Å². The van der Waals surface area contributed by atoms with E-state index in [1.165, 1.54) is 32.1 Å². The monoisotopic (exact) mass is 326 g/mol. The fourth-order valence-corrected chi connectivity index (χ4v) is 3.31. The molecule has 2 aromatic heterocycles. The Morgan fingerprint density at radius 2 is 2.04 bits per heavy atom. The number of nitrogens with one attached hydrogen (secondary N) is 3. The largest absolute Gasteiger partial charge is 0.417 e. The van der Waals surface area contributed by atoms with Gasteiger partial charge in [0.1, 0.15) is 0 Å². The van der Waals surface area contributed by atoms with Gasteiger partial charge >= 0.3 is 5.76 Å². The SMILES string of the molecule is O=C(Nc1cc(C2CCCCC2)[nH]n1)c1ccc2oc(=O)[nH]c2c1. The van der Waals surface area contributed by atoms with E-state index in [1.807, 2.05) is 6.07 Å². The number of anilines is 1. The fourth-order valence-electron chi connectivity index (χ4n) is 3.31. The molecule has 0 atom stereocenters. The topological polar surface area (TPSA) is 104 Å². The minimum atomic E-state index is -0.535. The molecule has 2 heterocycles. The molecule has 124 valence electrons. The zero-order valence-electron chi connectivity index (χ0n) is 13.1. The van der Waals surface area contributed by atoms with Crippen molar-refractivity contribution >= 4 is 22.8 Å². The number of carbonyl (C=O) groups excluding carboxylic acids is 1. The maximum Gasteiger partial charge on any atom is 0.417 e. The molecule has 0 spiro atoms. The predicted octanol–water partition coefficient (Wildman–Crippen LogP) is 3.14. The molecular formula is C17H18N4O3. The average Bonchev–Trinajstić information content (AvgIpc) is 3.20. The van der Waals surface area contributed by atoms with E-state index < -0.39 is 5.76 Å². The van der Waals surface area contributed by atoms with Gasteiger partial charge in [0, 0.05) is 23.2 Å². The Balaban J connectivity index is 1.50. The molecule has 0 saturated heterocycles. The number of amides is 1. The second-order valence-electron chi connectivity index (χ2n) is 6.22. The summed E-state index contributed by atoms with van der Waals surface area (Å²) in [5.74, 6) is 0.207. The number of hydrogen-bond donors (Lipinski definition) is 3. The summed E-state index contributed by atoms with van der Waals surface area (Å²) in [6.45, 7) is 0. The van der Waals surface area contributed by atoms with Gasteiger partial charge in [-0.1, -0.05) is 19.3 Å². The molecule has 24 heavy (non-hydrogen) atoms. The van der Waals surface area contributed by atoms with E-state index in [0.717, 1.165) is 5.69 Å². The van der Waals surface area contributed by atoms with E-state index in [1.54, 1.807) is 18.2 Å². The Morgan fingerprint density at radius 1 is 1.21 bits per heavy atom. The number of rotatable bonds is 3. The molecule has 3 N–H and O–H groups in total. The molecule has 3 aromatic rings. The Bertz CT molecular complexity index is 931. The fraction of sp³-hybridized carbons (Fsp3) is 0.353. The summed E-state index contributed by atoms with van der Waals surface area (Å²) < 4.78 is 4.93. The summed E-state index contributed by atoms with van der Waals surface area (Å²) in [7, 11) is 0. The maximum absolute atomic E-state index is 12.4. The van der Waals surface area contributed by atoms with Gasteiger partial charge in [-0.3, -0.25) is 14.9 Å². The van der Waals surface area contributed by atoms with Gasteiger partial charge in [-0.25, -0.2) is 4.79 Å². The minimum Gasteiger partial charge on any atom is -0.408 e. The third-order valence-corrected chi connectivity index (χ3v) is 4.57. The first-order chi connectivity index (χ1) is 11.7. The summed E-state index contributed by atoms with van der Waals surface area (Å²) in [5, 5.41) is 10.0. The molecule has 4 rings (SSSR count). The van der Waals surface area contributed by atoms with Crippen LogP contribution in [0.1, 0.15) is 54.1 Å². The second kappa shape index (κ2) is 5.99. The van der Waals surface area contributed by atoms with Crippen molar-refractivity contribution in [3.8, 4) is 0 Å². The number of aromatic amines is 2. The lowest BCUT2D eigenvalue weighted by atomic mass is 9.87. The number of benzene rings is 1. The van der Waals surface area contributed by atoms with E-state index in [9.17, 15) is 9.59 Å². The molecule has 1 saturated carbocycles. The van der Waals surface area contributed by atoms with Crippen LogP contribution in [0.5, 0.6) is 0 Å².